The molecule has 0 bridgehead atoms. The Labute approximate surface area is 287 Å². The second kappa shape index (κ2) is 11.2. The lowest BCUT2D eigenvalue weighted by Gasteiger charge is -2.28. The summed E-state index contributed by atoms with van der Waals surface area (Å²) in [6, 6.07) is 63.2. The zero-order valence-corrected chi connectivity index (χ0v) is 27.3. The lowest BCUT2D eigenvalue weighted by atomic mass is 9.97. The van der Waals surface area contributed by atoms with E-state index in [1.807, 2.05) is 17.4 Å². The maximum atomic E-state index is 6.56. The van der Waals surface area contributed by atoms with Gasteiger partial charge in [0.25, 0.3) is 0 Å². The minimum absolute atomic E-state index is 0.901. The van der Waals surface area contributed by atoms with E-state index in [-0.39, 0.29) is 0 Å². The van der Waals surface area contributed by atoms with E-state index in [4.69, 9.17) is 4.42 Å². The second-order valence-corrected chi connectivity index (χ2v) is 13.6. The van der Waals surface area contributed by atoms with Crippen molar-refractivity contribution in [1.29, 1.82) is 0 Å². The van der Waals surface area contributed by atoms with Gasteiger partial charge in [0.05, 0.1) is 5.69 Å². The highest BCUT2D eigenvalue weighted by molar-refractivity contribution is 7.25. The Balaban J connectivity index is 1.19. The van der Waals surface area contributed by atoms with Gasteiger partial charge in [0.1, 0.15) is 11.2 Å². The second-order valence-electron chi connectivity index (χ2n) is 12.5. The number of hydrogen-bond acceptors (Lipinski definition) is 3. The summed E-state index contributed by atoms with van der Waals surface area (Å²) >= 11 is 1.85. The van der Waals surface area contributed by atoms with Gasteiger partial charge in [-0.1, -0.05) is 127 Å². The average molecular weight is 644 g/mol. The SMILES string of the molecule is c1ccc(N(c2ccc(-c3cccc4ccccc34)cc2)c2ccc3sc4ccccc4c3c2)c(-c2cccc3c2oc2ccccc23)c1. The molecule has 3 heteroatoms. The molecule has 230 valence electrons. The van der Waals surface area contributed by atoms with Crippen molar-refractivity contribution >= 4 is 81.3 Å². The lowest BCUT2D eigenvalue weighted by molar-refractivity contribution is 0.670. The first-order chi connectivity index (χ1) is 24.3. The molecule has 2 nitrogen and oxygen atoms in total. The van der Waals surface area contributed by atoms with E-state index >= 15 is 0 Å². The standard InChI is InChI=1S/C46H29NOS/c1-2-13-34-30(11-1)12-9-17-35(34)31-23-25-32(26-24-31)47(33-27-28-45-41(29-33)38-16-5-8-22-44(38)49-45)42-20-6-3-14-36(42)39-18-10-19-40-37-15-4-7-21-43(37)48-46(39)40/h1-29H. The van der Waals surface area contributed by atoms with Gasteiger partial charge in [-0.15, -0.1) is 11.3 Å². The summed E-state index contributed by atoms with van der Waals surface area (Å²) in [6.45, 7) is 0. The number of rotatable bonds is 5. The third-order valence-electron chi connectivity index (χ3n) is 9.68. The Morgan fingerprint density at radius 1 is 0.408 bits per heavy atom. The minimum atomic E-state index is 0.901. The lowest BCUT2D eigenvalue weighted by Crippen LogP contribution is -2.11. The zero-order valence-electron chi connectivity index (χ0n) is 26.5. The van der Waals surface area contributed by atoms with E-state index < -0.39 is 0 Å². The fourth-order valence-electron chi connectivity index (χ4n) is 7.40. The van der Waals surface area contributed by atoms with Crippen molar-refractivity contribution in [3.05, 3.63) is 176 Å². The molecule has 10 aromatic rings. The first-order valence-corrected chi connectivity index (χ1v) is 17.4. The first-order valence-electron chi connectivity index (χ1n) is 16.6. The van der Waals surface area contributed by atoms with Gasteiger partial charge >= 0.3 is 0 Å². The van der Waals surface area contributed by atoms with Crippen molar-refractivity contribution in [2.24, 2.45) is 0 Å². The van der Waals surface area contributed by atoms with Gasteiger partial charge < -0.3 is 9.32 Å². The largest absolute Gasteiger partial charge is 0.455 e. The number of para-hydroxylation sites is 3. The maximum absolute atomic E-state index is 6.56. The summed E-state index contributed by atoms with van der Waals surface area (Å²) < 4.78 is 9.15. The predicted molar refractivity (Wildman–Crippen MR) is 210 cm³/mol. The van der Waals surface area contributed by atoms with Crippen LogP contribution in [-0.2, 0) is 0 Å². The van der Waals surface area contributed by atoms with Crippen LogP contribution >= 0.6 is 11.3 Å². The van der Waals surface area contributed by atoms with E-state index in [2.05, 4.69) is 175 Å². The van der Waals surface area contributed by atoms with E-state index in [9.17, 15) is 0 Å². The number of anilines is 3. The molecule has 0 aliphatic carbocycles. The Morgan fingerprint density at radius 2 is 1.04 bits per heavy atom. The van der Waals surface area contributed by atoms with Crippen LogP contribution in [0.15, 0.2) is 180 Å². The molecule has 2 aromatic heterocycles. The van der Waals surface area contributed by atoms with Crippen LogP contribution in [0, 0.1) is 0 Å². The van der Waals surface area contributed by atoms with Gasteiger partial charge in [-0.3, -0.25) is 0 Å². The summed E-state index contributed by atoms with van der Waals surface area (Å²) in [6.07, 6.45) is 0. The molecular weight excluding hydrogens is 615 g/mol. The predicted octanol–water partition coefficient (Wildman–Crippen LogP) is 13.9. The van der Waals surface area contributed by atoms with Crippen molar-refractivity contribution in [2.45, 2.75) is 0 Å². The molecular formula is C46H29NOS. The van der Waals surface area contributed by atoms with Crippen LogP contribution in [0.5, 0.6) is 0 Å². The van der Waals surface area contributed by atoms with Gasteiger partial charge in [0.2, 0.25) is 0 Å². The van der Waals surface area contributed by atoms with Gasteiger partial charge in [0.15, 0.2) is 0 Å². The summed E-state index contributed by atoms with van der Waals surface area (Å²) in [7, 11) is 0. The van der Waals surface area contributed by atoms with Gasteiger partial charge in [0, 0.05) is 53.4 Å². The summed E-state index contributed by atoms with van der Waals surface area (Å²) in [5, 5.41) is 7.32. The highest BCUT2D eigenvalue weighted by atomic mass is 32.1. The minimum Gasteiger partial charge on any atom is -0.455 e. The number of furan rings is 1. The van der Waals surface area contributed by atoms with Gasteiger partial charge in [-0.2, -0.15) is 0 Å². The van der Waals surface area contributed by atoms with E-state index in [1.165, 1.54) is 42.1 Å². The topological polar surface area (TPSA) is 16.4 Å². The molecule has 0 amide bonds. The molecule has 0 aliphatic rings. The average Bonchev–Trinajstić information content (AvgIpc) is 3.74. The van der Waals surface area contributed by atoms with Crippen LogP contribution in [0.25, 0.3) is 75.1 Å². The highest BCUT2D eigenvalue weighted by Crippen LogP contribution is 2.46. The van der Waals surface area contributed by atoms with Crippen molar-refractivity contribution in [1.82, 2.24) is 0 Å². The Hall–Kier alpha value is -6.16. The Kier molecular flexibility index (Phi) is 6.39. The first kappa shape index (κ1) is 27.9. The van der Waals surface area contributed by atoms with Gasteiger partial charge in [-0.05, 0) is 70.4 Å². The van der Waals surface area contributed by atoms with Crippen LogP contribution < -0.4 is 4.90 Å². The number of thiophene rings is 1. The molecule has 0 aliphatic heterocycles. The fourth-order valence-corrected chi connectivity index (χ4v) is 8.49. The number of hydrogen-bond donors (Lipinski definition) is 0. The molecule has 0 saturated heterocycles. The molecule has 49 heavy (non-hydrogen) atoms. The maximum Gasteiger partial charge on any atom is 0.143 e. The normalized spacial score (nSPS) is 11.7. The monoisotopic (exact) mass is 643 g/mol. The highest BCUT2D eigenvalue weighted by Gasteiger charge is 2.21. The van der Waals surface area contributed by atoms with Crippen molar-refractivity contribution < 1.29 is 4.42 Å². The van der Waals surface area contributed by atoms with Crippen LogP contribution in [0.4, 0.5) is 17.1 Å². The Morgan fingerprint density at radius 3 is 1.96 bits per heavy atom. The number of nitrogens with zero attached hydrogens (tertiary/aromatic N) is 1. The molecule has 0 atom stereocenters. The number of benzene rings is 8. The van der Waals surface area contributed by atoms with Crippen molar-refractivity contribution in [2.75, 3.05) is 4.90 Å². The fraction of sp³-hybridized carbons (Fsp3) is 0. The molecule has 0 fully saturated rings. The number of fused-ring (bicyclic) bond motifs is 7. The van der Waals surface area contributed by atoms with Gasteiger partial charge in [-0.25, -0.2) is 0 Å². The molecule has 0 spiro atoms. The molecule has 8 aromatic carbocycles. The van der Waals surface area contributed by atoms with E-state index in [1.54, 1.807) is 0 Å². The van der Waals surface area contributed by atoms with Crippen molar-refractivity contribution in [3.63, 3.8) is 0 Å². The quantitative estimate of drug-likeness (QED) is 0.186. The molecule has 0 saturated carbocycles. The zero-order chi connectivity index (χ0) is 32.3. The summed E-state index contributed by atoms with van der Waals surface area (Å²) in [5.41, 5.74) is 9.71. The van der Waals surface area contributed by atoms with Crippen LogP contribution in [0.3, 0.4) is 0 Å². The smallest absolute Gasteiger partial charge is 0.143 e. The van der Waals surface area contributed by atoms with Crippen molar-refractivity contribution in [3.8, 4) is 22.3 Å². The van der Waals surface area contributed by atoms with Crippen LogP contribution in [0.2, 0.25) is 0 Å². The molecule has 0 N–H and O–H groups in total. The third kappa shape index (κ3) is 4.55. The third-order valence-corrected chi connectivity index (χ3v) is 10.8. The molecule has 2 heterocycles. The van der Waals surface area contributed by atoms with E-state index in [0.717, 1.165) is 50.1 Å². The van der Waals surface area contributed by atoms with Crippen LogP contribution in [0.1, 0.15) is 0 Å². The summed E-state index contributed by atoms with van der Waals surface area (Å²) in [5.74, 6) is 0. The summed E-state index contributed by atoms with van der Waals surface area (Å²) in [4.78, 5) is 2.40. The van der Waals surface area contributed by atoms with Crippen LogP contribution in [-0.4, -0.2) is 0 Å². The van der Waals surface area contributed by atoms with E-state index in [0.29, 0.717) is 0 Å². The molecule has 10 rings (SSSR count). The molecule has 0 unspecified atom stereocenters. The molecule has 0 radical (unpaired) electrons. The Bertz CT molecular complexity index is 2840.